The van der Waals surface area contributed by atoms with Gasteiger partial charge in [-0.15, -0.1) is 0 Å². The predicted molar refractivity (Wildman–Crippen MR) is 85.7 cm³/mol. The highest BCUT2D eigenvalue weighted by atomic mass is 33.1. The molecular weight excluding hydrogens is 279 g/mol. The van der Waals surface area contributed by atoms with Crippen LogP contribution in [-0.2, 0) is 4.52 Å². The van der Waals surface area contributed by atoms with Crippen LogP contribution in [0.3, 0.4) is 0 Å². The maximum atomic E-state index is 9.71. The molecule has 0 amide bonds. The van der Waals surface area contributed by atoms with Crippen LogP contribution in [0.2, 0.25) is 0 Å². The largest absolute Gasteiger partial charge is 0.327 e. The molecular formula is C10H26O2PS3+. The van der Waals surface area contributed by atoms with Crippen molar-refractivity contribution in [3.05, 3.63) is 0 Å². The van der Waals surface area contributed by atoms with Crippen molar-refractivity contribution < 1.29 is 9.42 Å². The standard InChI is InChI=1S/C6H14O2PS3.2C2H6/c1-9(7,10-2)8-6-3-4-11-12-5-6;2*1-2/h6-7H,3-5H2,1-2H3;2*1-2H3/q+1;;. The van der Waals surface area contributed by atoms with Crippen LogP contribution in [0.15, 0.2) is 0 Å². The first-order chi connectivity index (χ1) is 7.64. The SMILES string of the molecule is CC.CC.CS[P+](C)(O)OC1CCSSC1. The van der Waals surface area contributed by atoms with Crippen LogP contribution in [-0.4, -0.2) is 35.4 Å². The summed E-state index contributed by atoms with van der Waals surface area (Å²) in [4.78, 5) is 9.71. The maximum absolute atomic E-state index is 9.71. The lowest BCUT2D eigenvalue weighted by atomic mass is 10.3. The Morgan fingerprint density at radius 1 is 1.25 bits per heavy atom. The molecule has 100 valence electrons. The first kappa shape index (κ1) is 19.7. The quantitative estimate of drug-likeness (QED) is 0.588. The van der Waals surface area contributed by atoms with Crippen LogP contribution in [0, 0.1) is 0 Å². The second-order valence-corrected chi connectivity index (χ2v) is 10.5. The van der Waals surface area contributed by atoms with Gasteiger partial charge in [-0.3, -0.25) is 0 Å². The van der Waals surface area contributed by atoms with Gasteiger partial charge in [0.2, 0.25) is 0 Å². The topological polar surface area (TPSA) is 29.5 Å². The molecule has 1 aliphatic rings. The molecule has 1 N–H and O–H groups in total. The third kappa shape index (κ3) is 10.5. The molecule has 0 radical (unpaired) electrons. The fourth-order valence-electron chi connectivity index (χ4n) is 0.849. The Morgan fingerprint density at radius 2 is 1.81 bits per heavy atom. The van der Waals surface area contributed by atoms with Crippen LogP contribution < -0.4 is 0 Å². The molecule has 2 atom stereocenters. The number of rotatable bonds is 3. The number of hydrogen-bond acceptors (Lipinski definition) is 5. The van der Waals surface area contributed by atoms with Gasteiger partial charge in [0, 0.05) is 17.8 Å². The van der Waals surface area contributed by atoms with E-state index in [4.69, 9.17) is 4.52 Å². The molecule has 0 bridgehead atoms. The van der Waals surface area contributed by atoms with Gasteiger partial charge in [-0.05, 0) is 6.42 Å². The summed E-state index contributed by atoms with van der Waals surface area (Å²) in [6.45, 7) is 7.71. The van der Waals surface area contributed by atoms with Gasteiger partial charge in [0.05, 0.1) is 11.4 Å². The van der Waals surface area contributed by atoms with E-state index in [1.807, 2.05) is 62.2 Å². The fraction of sp³-hybridized carbons (Fsp3) is 1.00. The van der Waals surface area contributed by atoms with Gasteiger partial charge in [-0.2, -0.15) is 4.52 Å². The van der Waals surface area contributed by atoms with E-state index in [0.29, 0.717) is 0 Å². The molecule has 6 heteroatoms. The van der Waals surface area contributed by atoms with Gasteiger partial charge in [0.15, 0.2) is 0 Å². The lowest BCUT2D eigenvalue weighted by Crippen LogP contribution is -2.18. The van der Waals surface area contributed by atoms with Crippen molar-refractivity contribution >= 4 is 39.9 Å². The molecule has 0 aromatic rings. The summed E-state index contributed by atoms with van der Waals surface area (Å²) in [7, 11) is 3.74. The Labute approximate surface area is 114 Å². The van der Waals surface area contributed by atoms with E-state index >= 15 is 0 Å². The Hall–Kier alpha value is 1.40. The average Bonchev–Trinajstić information content (AvgIpc) is 2.35. The molecule has 1 saturated heterocycles. The van der Waals surface area contributed by atoms with E-state index in [1.165, 1.54) is 11.4 Å². The molecule has 0 aromatic carbocycles. The Bertz CT molecular complexity index is 142. The Kier molecular flexibility index (Phi) is 15.8. The molecule has 16 heavy (non-hydrogen) atoms. The van der Waals surface area contributed by atoms with Crippen LogP contribution >= 0.6 is 39.9 Å². The van der Waals surface area contributed by atoms with Crippen molar-refractivity contribution in [1.29, 1.82) is 0 Å². The van der Waals surface area contributed by atoms with E-state index in [1.54, 1.807) is 0 Å². The first-order valence-electron chi connectivity index (χ1n) is 5.72. The smallest absolute Gasteiger partial charge is 0.208 e. The van der Waals surface area contributed by atoms with Crippen molar-refractivity contribution in [2.24, 2.45) is 0 Å². The molecule has 2 unspecified atom stereocenters. The molecule has 1 heterocycles. The van der Waals surface area contributed by atoms with Crippen LogP contribution in [0.25, 0.3) is 0 Å². The number of hydrogen-bond donors (Lipinski definition) is 1. The monoisotopic (exact) mass is 305 g/mol. The minimum atomic E-state index is -2.10. The van der Waals surface area contributed by atoms with Crippen LogP contribution in [0.4, 0.5) is 0 Å². The first-order valence-corrected chi connectivity index (χ1v) is 12.1. The van der Waals surface area contributed by atoms with Gasteiger partial charge in [-0.1, -0.05) is 49.3 Å². The van der Waals surface area contributed by atoms with Crippen molar-refractivity contribution in [3.63, 3.8) is 0 Å². The van der Waals surface area contributed by atoms with Crippen molar-refractivity contribution in [3.8, 4) is 0 Å². The lowest BCUT2D eigenvalue weighted by Gasteiger charge is -2.21. The van der Waals surface area contributed by atoms with E-state index in [0.717, 1.165) is 17.9 Å². The second-order valence-electron chi connectivity index (χ2n) is 2.61. The third-order valence-corrected chi connectivity index (χ3v) is 7.69. The van der Waals surface area contributed by atoms with E-state index in [-0.39, 0.29) is 6.10 Å². The highest BCUT2D eigenvalue weighted by molar-refractivity contribution is 8.76. The summed E-state index contributed by atoms with van der Waals surface area (Å²) < 4.78 is 5.62. The van der Waals surface area contributed by atoms with Gasteiger partial charge >= 0.3 is 6.92 Å². The van der Waals surface area contributed by atoms with Crippen molar-refractivity contribution in [2.75, 3.05) is 24.4 Å². The van der Waals surface area contributed by atoms with Crippen LogP contribution in [0.5, 0.6) is 0 Å². The van der Waals surface area contributed by atoms with Gasteiger partial charge < -0.3 is 0 Å². The summed E-state index contributed by atoms with van der Waals surface area (Å²) in [6, 6.07) is 0. The molecule has 2 nitrogen and oxygen atoms in total. The molecule has 1 rings (SSSR count). The van der Waals surface area contributed by atoms with Gasteiger partial charge in [0.25, 0.3) is 0 Å². The molecule has 0 saturated carbocycles. The molecule has 0 aliphatic carbocycles. The van der Waals surface area contributed by atoms with Crippen LogP contribution in [0.1, 0.15) is 34.1 Å². The highest BCUT2D eigenvalue weighted by Crippen LogP contribution is 2.64. The summed E-state index contributed by atoms with van der Waals surface area (Å²) in [5.41, 5.74) is 0. The summed E-state index contributed by atoms with van der Waals surface area (Å²) in [5.74, 6) is 2.16. The van der Waals surface area contributed by atoms with Crippen molar-refractivity contribution in [1.82, 2.24) is 0 Å². The molecule has 1 fully saturated rings. The predicted octanol–water partition coefficient (Wildman–Crippen LogP) is 4.96. The zero-order chi connectivity index (χ0) is 13.0. The lowest BCUT2D eigenvalue weighted by molar-refractivity contribution is 0.221. The maximum Gasteiger partial charge on any atom is 0.327 e. The van der Waals surface area contributed by atoms with Gasteiger partial charge in [0.1, 0.15) is 12.8 Å². The Balaban J connectivity index is 0. The minimum Gasteiger partial charge on any atom is -0.208 e. The fourth-order valence-corrected chi connectivity index (χ4v) is 4.74. The van der Waals surface area contributed by atoms with Gasteiger partial charge in [-0.25, -0.2) is 4.89 Å². The highest BCUT2D eigenvalue weighted by Gasteiger charge is 2.35. The average molecular weight is 305 g/mol. The minimum absolute atomic E-state index is 0.270. The summed E-state index contributed by atoms with van der Waals surface area (Å²) in [5, 5.41) is 0. The van der Waals surface area contributed by atoms with E-state index < -0.39 is 6.92 Å². The van der Waals surface area contributed by atoms with E-state index in [2.05, 4.69) is 0 Å². The third-order valence-electron chi connectivity index (χ3n) is 1.54. The summed E-state index contributed by atoms with van der Waals surface area (Å²) in [6.07, 6.45) is 3.25. The van der Waals surface area contributed by atoms with Crippen molar-refractivity contribution in [2.45, 2.75) is 40.2 Å². The molecule has 1 aliphatic heterocycles. The molecule has 0 spiro atoms. The second kappa shape index (κ2) is 12.8. The normalized spacial score (nSPS) is 23.1. The zero-order valence-electron chi connectivity index (χ0n) is 11.2. The van der Waals surface area contributed by atoms with E-state index in [9.17, 15) is 4.89 Å². The zero-order valence-corrected chi connectivity index (χ0v) is 14.6. The molecule has 0 aromatic heterocycles. The summed E-state index contributed by atoms with van der Waals surface area (Å²) >= 11 is 1.45. The Morgan fingerprint density at radius 3 is 2.19 bits per heavy atom.